The normalized spacial score (nSPS) is 10.9. The second-order valence-electron chi connectivity index (χ2n) is 4.02. The molecule has 2 nitrogen and oxygen atoms in total. The number of hydrogen-bond acceptors (Lipinski definition) is 3. The van der Waals surface area contributed by atoms with Crippen molar-refractivity contribution in [2.75, 3.05) is 0 Å². The van der Waals surface area contributed by atoms with E-state index in [2.05, 4.69) is 10.2 Å². The van der Waals surface area contributed by atoms with Gasteiger partial charge in [0.25, 0.3) is 0 Å². The Hall–Kier alpha value is -1.72. The Morgan fingerprint density at radius 3 is 2.50 bits per heavy atom. The summed E-state index contributed by atoms with van der Waals surface area (Å²) in [6.45, 7) is 0. The molecule has 0 amide bonds. The fraction of sp³-hybridized carbons (Fsp3) is 0. The molecular formula is C14H7ClF2N2S. The Kier molecular flexibility index (Phi) is 3.54. The molecule has 3 aromatic rings. The molecule has 0 aliphatic carbocycles. The Balaban J connectivity index is 2.11. The second-order valence-corrected chi connectivity index (χ2v) is 5.41. The molecule has 20 heavy (non-hydrogen) atoms. The molecule has 1 aromatic heterocycles. The van der Waals surface area contributed by atoms with E-state index in [0.29, 0.717) is 5.03 Å². The standard InChI is InChI=1S/C14H7ClF2N2S/c15-13-9-3-1-2-4-10(9)14(19-18-13)20-12-7-8(16)5-6-11(12)17/h1-7H. The SMILES string of the molecule is Fc1ccc(F)c(Sc2nnc(Cl)c3ccccc23)c1. The third kappa shape index (κ3) is 2.46. The van der Waals surface area contributed by atoms with Crippen molar-refractivity contribution >= 4 is 34.1 Å². The minimum Gasteiger partial charge on any atom is -0.207 e. The van der Waals surface area contributed by atoms with Crippen LogP contribution in [0.1, 0.15) is 0 Å². The van der Waals surface area contributed by atoms with Crippen LogP contribution < -0.4 is 0 Å². The number of halogens is 3. The predicted molar refractivity (Wildman–Crippen MR) is 75.0 cm³/mol. The molecule has 0 fully saturated rings. The first kappa shape index (κ1) is 13.3. The third-order valence-corrected chi connectivity index (χ3v) is 4.02. The van der Waals surface area contributed by atoms with Crippen LogP contribution in [0.4, 0.5) is 8.78 Å². The maximum Gasteiger partial charge on any atom is 0.159 e. The van der Waals surface area contributed by atoms with Gasteiger partial charge in [-0.25, -0.2) is 8.78 Å². The van der Waals surface area contributed by atoms with Crippen LogP contribution in [0.5, 0.6) is 0 Å². The Morgan fingerprint density at radius 2 is 1.70 bits per heavy atom. The van der Waals surface area contributed by atoms with Crippen molar-refractivity contribution in [2.24, 2.45) is 0 Å². The highest BCUT2D eigenvalue weighted by Gasteiger charge is 2.12. The van der Waals surface area contributed by atoms with Gasteiger partial charge in [-0.3, -0.25) is 0 Å². The van der Waals surface area contributed by atoms with Gasteiger partial charge in [0.2, 0.25) is 0 Å². The van der Waals surface area contributed by atoms with Crippen molar-refractivity contribution in [1.82, 2.24) is 10.2 Å². The Morgan fingerprint density at radius 1 is 0.950 bits per heavy atom. The lowest BCUT2D eigenvalue weighted by Gasteiger charge is -2.06. The molecule has 0 spiro atoms. The smallest absolute Gasteiger partial charge is 0.159 e. The number of rotatable bonds is 2. The first-order valence-electron chi connectivity index (χ1n) is 5.69. The molecule has 0 atom stereocenters. The molecular weight excluding hydrogens is 302 g/mol. The van der Waals surface area contributed by atoms with Crippen molar-refractivity contribution in [3.05, 3.63) is 59.3 Å². The highest BCUT2D eigenvalue weighted by molar-refractivity contribution is 7.99. The van der Waals surface area contributed by atoms with Crippen molar-refractivity contribution in [3.63, 3.8) is 0 Å². The zero-order valence-electron chi connectivity index (χ0n) is 9.98. The Labute approximate surface area is 122 Å². The average Bonchev–Trinajstić information content (AvgIpc) is 2.46. The summed E-state index contributed by atoms with van der Waals surface area (Å²) in [4.78, 5) is 0.159. The van der Waals surface area contributed by atoms with Crippen LogP contribution in [0.15, 0.2) is 52.4 Å². The minimum absolute atomic E-state index is 0.159. The van der Waals surface area contributed by atoms with Crippen LogP contribution in [-0.2, 0) is 0 Å². The number of fused-ring (bicyclic) bond motifs is 1. The molecule has 1 heterocycles. The van der Waals surface area contributed by atoms with E-state index in [9.17, 15) is 8.78 Å². The zero-order valence-corrected chi connectivity index (χ0v) is 11.6. The van der Waals surface area contributed by atoms with E-state index >= 15 is 0 Å². The summed E-state index contributed by atoms with van der Waals surface area (Å²) < 4.78 is 26.9. The highest BCUT2D eigenvalue weighted by Crippen LogP contribution is 2.34. The van der Waals surface area contributed by atoms with E-state index < -0.39 is 11.6 Å². The van der Waals surface area contributed by atoms with Gasteiger partial charge in [-0.2, -0.15) is 0 Å². The van der Waals surface area contributed by atoms with Gasteiger partial charge in [0, 0.05) is 10.8 Å². The average molecular weight is 309 g/mol. The van der Waals surface area contributed by atoms with Gasteiger partial charge in [0.1, 0.15) is 16.7 Å². The molecule has 0 unspecified atom stereocenters. The molecule has 0 saturated heterocycles. The van der Waals surface area contributed by atoms with Crippen LogP contribution in [0.2, 0.25) is 5.15 Å². The van der Waals surface area contributed by atoms with Gasteiger partial charge < -0.3 is 0 Å². The summed E-state index contributed by atoms with van der Waals surface area (Å²) in [6.07, 6.45) is 0. The van der Waals surface area contributed by atoms with Crippen LogP contribution in [-0.4, -0.2) is 10.2 Å². The fourth-order valence-electron chi connectivity index (χ4n) is 1.78. The van der Waals surface area contributed by atoms with Crippen LogP contribution in [0.25, 0.3) is 10.8 Å². The van der Waals surface area contributed by atoms with E-state index in [4.69, 9.17) is 11.6 Å². The molecule has 0 N–H and O–H groups in total. The van der Waals surface area contributed by atoms with E-state index in [0.717, 1.165) is 40.7 Å². The number of nitrogens with zero attached hydrogens (tertiary/aromatic N) is 2. The van der Waals surface area contributed by atoms with Crippen molar-refractivity contribution in [3.8, 4) is 0 Å². The maximum atomic E-state index is 13.7. The number of benzene rings is 2. The van der Waals surface area contributed by atoms with Gasteiger partial charge >= 0.3 is 0 Å². The van der Waals surface area contributed by atoms with Crippen LogP contribution in [0, 0.1) is 11.6 Å². The fourth-order valence-corrected chi connectivity index (χ4v) is 2.90. The molecule has 2 aromatic carbocycles. The molecule has 6 heteroatoms. The maximum absolute atomic E-state index is 13.7. The molecule has 0 aliphatic rings. The van der Waals surface area contributed by atoms with Gasteiger partial charge in [0.15, 0.2) is 5.15 Å². The molecule has 0 bridgehead atoms. The first-order chi connectivity index (χ1) is 9.65. The van der Waals surface area contributed by atoms with Gasteiger partial charge in [0.05, 0.1) is 4.90 Å². The van der Waals surface area contributed by atoms with Crippen LogP contribution in [0.3, 0.4) is 0 Å². The monoisotopic (exact) mass is 308 g/mol. The lowest BCUT2D eigenvalue weighted by molar-refractivity contribution is 0.577. The first-order valence-corrected chi connectivity index (χ1v) is 6.88. The van der Waals surface area contributed by atoms with E-state index in [1.807, 2.05) is 18.2 Å². The van der Waals surface area contributed by atoms with Gasteiger partial charge in [-0.1, -0.05) is 47.6 Å². The Bertz CT molecular complexity index is 795. The van der Waals surface area contributed by atoms with E-state index in [1.165, 1.54) is 0 Å². The predicted octanol–water partition coefficient (Wildman–Crippen LogP) is 4.71. The summed E-state index contributed by atoms with van der Waals surface area (Å²) in [5.41, 5.74) is 0. The zero-order chi connectivity index (χ0) is 14.1. The second kappa shape index (κ2) is 5.34. The highest BCUT2D eigenvalue weighted by atomic mass is 35.5. The summed E-state index contributed by atoms with van der Waals surface area (Å²) in [7, 11) is 0. The van der Waals surface area contributed by atoms with E-state index in [1.54, 1.807) is 6.07 Å². The summed E-state index contributed by atoms with van der Waals surface area (Å²) in [5, 5.41) is 10.0. The molecule has 0 aliphatic heterocycles. The minimum atomic E-state index is -0.503. The lowest BCUT2D eigenvalue weighted by Crippen LogP contribution is -1.91. The van der Waals surface area contributed by atoms with Crippen LogP contribution >= 0.6 is 23.4 Å². The van der Waals surface area contributed by atoms with Gasteiger partial charge in [-0.15, -0.1) is 10.2 Å². The summed E-state index contributed by atoms with van der Waals surface area (Å²) in [6, 6.07) is 10.6. The summed E-state index contributed by atoms with van der Waals surface area (Å²) in [5.74, 6) is -1.00. The topological polar surface area (TPSA) is 25.8 Å². The number of hydrogen-bond donors (Lipinski definition) is 0. The molecule has 100 valence electrons. The molecule has 0 saturated carbocycles. The van der Waals surface area contributed by atoms with Crippen molar-refractivity contribution < 1.29 is 8.78 Å². The quantitative estimate of drug-likeness (QED) is 0.685. The third-order valence-electron chi connectivity index (χ3n) is 2.71. The van der Waals surface area contributed by atoms with E-state index in [-0.39, 0.29) is 10.0 Å². The number of aromatic nitrogens is 2. The largest absolute Gasteiger partial charge is 0.207 e. The molecule has 0 radical (unpaired) electrons. The summed E-state index contributed by atoms with van der Waals surface area (Å²) >= 11 is 6.99. The van der Waals surface area contributed by atoms with Crippen molar-refractivity contribution in [2.45, 2.75) is 9.92 Å². The van der Waals surface area contributed by atoms with Crippen molar-refractivity contribution in [1.29, 1.82) is 0 Å². The molecule has 3 rings (SSSR count). The van der Waals surface area contributed by atoms with Gasteiger partial charge in [-0.05, 0) is 18.2 Å². The lowest BCUT2D eigenvalue weighted by atomic mass is 10.2.